The molecule has 39 heavy (non-hydrogen) atoms. The fraction of sp³-hybridized carbons (Fsp3) is 0.233. The number of nitrogens with one attached hydrogen (secondary N) is 2. The van der Waals surface area contributed by atoms with Crippen LogP contribution in [0.25, 0.3) is 10.9 Å². The average molecular weight is 542 g/mol. The Morgan fingerprint density at radius 1 is 1.00 bits per heavy atom. The second-order valence-corrected chi connectivity index (χ2v) is 9.29. The third-order valence-corrected chi connectivity index (χ3v) is 6.42. The lowest BCUT2D eigenvalue weighted by Crippen LogP contribution is -2.25. The van der Waals surface area contributed by atoms with E-state index in [1.54, 1.807) is 60.8 Å². The van der Waals surface area contributed by atoms with E-state index < -0.39 is 0 Å². The molecule has 1 heterocycles. The summed E-state index contributed by atoms with van der Waals surface area (Å²) in [5.74, 6) is 1.66. The Morgan fingerprint density at radius 3 is 2.49 bits per heavy atom. The van der Waals surface area contributed by atoms with Gasteiger partial charge in [0.05, 0.1) is 17.7 Å². The standard InChI is InChI=1S/C30H31N5O3S/c1-3-35(4-2)15-6-16-37-29-19-27-26(17-21(29)20-31)28(13-14-32-27)38-24-11-9-22(10-12-24)33-30(36)34-23-7-5-8-25(39)18-23/h5,7-14,17-19,39H,3-4,6,15-16H2,1-2H3,(H2,33,34,36). The Kier molecular flexibility index (Phi) is 9.62. The van der Waals surface area contributed by atoms with Crippen molar-refractivity contribution < 1.29 is 14.3 Å². The van der Waals surface area contributed by atoms with Gasteiger partial charge in [-0.1, -0.05) is 19.9 Å². The van der Waals surface area contributed by atoms with Gasteiger partial charge in [-0.15, -0.1) is 12.6 Å². The lowest BCUT2D eigenvalue weighted by atomic mass is 10.1. The summed E-state index contributed by atoms with van der Waals surface area (Å²) in [5.41, 5.74) is 2.35. The van der Waals surface area contributed by atoms with Gasteiger partial charge in [0.2, 0.25) is 0 Å². The number of nitrogens with zero attached hydrogens (tertiary/aromatic N) is 3. The Hall–Kier alpha value is -4.26. The quantitative estimate of drug-likeness (QED) is 0.140. The van der Waals surface area contributed by atoms with E-state index in [1.807, 2.05) is 12.1 Å². The Labute approximate surface area is 234 Å². The summed E-state index contributed by atoms with van der Waals surface area (Å²) in [6.07, 6.45) is 2.53. The monoisotopic (exact) mass is 541 g/mol. The van der Waals surface area contributed by atoms with E-state index in [0.717, 1.165) is 31.0 Å². The summed E-state index contributed by atoms with van der Waals surface area (Å²) in [6, 6.07) is 21.4. The van der Waals surface area contributed by atoms with E-state index in [4.69, 9.17) is 9.47 Å². The van der Waals surface area contributed by atoms with E-state index >= 15 is 0 Å². The van der Waals surface area contributed by atoms with E-state index in [9.17, 15) is 10.1 Å². The first-order chi connectivity index (χ1) is 19.0. The summed E-state index contributed by atoms with van der Waals surface area (Å²) in [6.45, 7) is 7.75. The number of nitriles is 1. The largest absolute Gasteiger partial charge is 0.492 e. The lowest BCUT2D eigenvalue weighted by molar-refractivity contribution is 0.249. The minimum Gasteiger partial charge on any atom is -0.492 e. The van der Waals surface area contributed by atoms with Gasteiger partial charge in [-0.3, -0.25) is 4.98 Å². The summed E-state index contributed by atoms with van der Waals surface area (Å²) in [5, 5.41) is 16.0. The lowest BCUT2D eigenvalue weighted by Gasteiger charge is -2.18. The molecule has 4 rings (SSSR count). The number of pyridine rings is 1. The molecule has 1 aromatic heterocycles. The number of ether oxygens (including phenoxy) is 2. The Balaban J connectivity index is 1.42. The zero-order valence-electron chi connectivity index (χ0n) is 22.0. The van der Waals surface area contributed by atoms with E-state index in [0.29, 0.717) is 51.7 Å². The number of thiol groups is 1. The summed E-state index contributed by atoms with van der Waals surface area (Å²) < 4.78 is 12.1. The molecule has 0 radical (unpaired) electrons. The predicted molar refractivity (Wildman–Crippen MR) is 157 cm³/mol. The van der Waals surface area contributed by atoms with Crippen molar-refractivity contribution in [1.82, 2.24) is 9.88 Å². The maximum absolute atomic E-state index is 12.3. The molecule has 0 bridgehead atoms. The van der Waals surface area contributed by atoms with Crippen molar-refractivity contribution in [1.29, 1.82) is 5.26 Å². The highest BCUT2D eigenvalue weighted by Gasteiger charge is 2.12. The molecule has 0 aliphatic heterocycles. The number of carbonyl (C=O) groups excluding carboxylic acids is 1. The first-order valence-electron chi connectivity index (χ1n) is 12.8. The van der Waals surface area contributed by atoms with Crippen LogP contribution < -0.4 is 20.1 Å². The van der Waals surface area contributed by atoms with Crippen LogP contribution in [0.5, 0.6) is 17.2 Å². The average Bonchev–Trinajstić information content (AvgIpc) is 2.94. The highest BCUT2D eigenvalue weighted by atomic mass is 32.1. The first-order valence-corrected chi connectivity index (χ1v) is 13.3. The fourth-order valence-electron chi connectivity index (χ4n) is 4.06. The van der Waals surface area contributed by atoms with Gasteiger partial charge < -0.3 is 25.0 Å². The molecule has 3 aromatic carbocycles. The van der Waals surface area contributed by atoms with Gasteiger partial charge in [-0.05, 0) is 74.1 Å². The van der Waals surface area contributed by atoms with Crippen molar-refractivity contribution in [2.75, 3.05) is 36.9 Å². The van der Waals surface area contributed by atoms with Crippen LogP contribution in [0.2, 0.25) is 0 Å². The molecule has 0 aliphatic carbocycles. The number of urea groups is 1. The smallest absolute Gasteiger partial charge is 0.323 e. The number of amides is 2. The molecule has 0 atom stereocenters. The molecule has 0 saturated carbocycles. The molecule has 8 nitrogen and oxygen atoms in total. The normalized spacial score (nSPS) is 10.7. The zero-order valence-corrected chi connectivity index (χ0v) is 22.9. The third kappa shape index (κ3) is 7.63. The van der Waals surface area contributed by atoms with Crippen LogP contribution in [0, 0.1) is 11.3 Å². The van der Waals surface area contributed by atoms with Crippen molar-refractivity contribution in [3.05, 3.63) is 78.5 Å². The Morgan fingerprint density at radius 2 is 1.77 bits per heavy atom. The van der Waals surface area contributed by atoms with Gasteiger partial charge in [-0.25, -0.2) is 4.79 Å². The third-order valence-electron chi connectivity index (χ3n) is 6.14. The molecule has 0 saturated heterocycles. The molecule has 0 spiro atoms. The molecule has 4 aromatic rings. The molecule has 2 N–H and O–H groups in total. The van der Waals surface area contributed by atoms with Crippen LogP contribution in [0.3, 0.4) is 0 Å². The molecule has 200 valence electrons. The van der Waals surface area contributed by atoms with Gasteiger partial charge in [-0.2, -0.15) is 5.26 Å². The van der Waals surface area contributed by atoms with Crippen molar-refractivity contribution in [2.24, 2.45) is 0 Å². The molecule has 2 amide bonds. The number of anilines is 2. The Bertz CT molecular complexity index is 1470. The number of aromatic nitrogens is 1. The molecule has 0 aliphatic rings. The van der Waals surface area contributed by atoms with E-state index in [-0.39, 0.29) is 6.03 Å². The topological polar surface area (TPSA) is 99.5 Å². The fourth-order valence-corrected chi connectivity index (χ4v) is 4.29. The summed E-state index contributed by atoms with van der Waals surface area (Å²) >= 11 is 4.28. The summed E-state index contributed by atoms with van der Waals surface area (Å²) in [4.78, 5) is 19.9. The van der Waals surface area contributed by atoms with Crippen LogP contribution in [0.1, 0.15) is 25.8 Å². The number of carbonyl (C=O) groups is 1. The predicted octanol–water partition coefficient (Wildman–Crippen LogP) is 6.94. The van der Waals surface area contributed by atoms with E-state index in [2.05, 4.69) is 53.1 Å². The van der Waals surface area contributed by atoms with Gasteiger partial charge in [0.15, 0.2) is 0 Å². The highest BCUT2D eigenvalue weighted by Crippen LogP contribution is 2.33. The van der Waals surface area contributed by atoms with Crippen molar-refractivity contribution in [3.63, 3.8) is 0 Å². The van der Waals surface area contributed by atoms with Crippen LogP contribution in [0.15, 0.2) is 77.8 Å². The van der Waals surface area contributed by atoms with Gasteiger partial charge in [0.25, 0.3) is 0 Å². The number of benzene rings is 3. The maximum atomic E-state index is 12.3. The van der Waals surface area contributed by atoms with E-state index in [1.165, 1.54) is 0 Å². The van der Waals surface area contributed by atoms with Crippen molar-refractivity contribution in [3.8, 4) is 23.3 Å². The number of hydrogen-bond acceptors (Lipinski definition) is 7. The van der Waals surface area contributed by atoms with Crippen molar-refractivity contribution >= 4 is 40.9 Å². The van der Waals surface area contributed by atoms with Crippen molar-refractivity contribution in [2.45, 2.75) is 25.2 Å². The second-order valence-electron chi connectivity index (χ2n) is 8.77. The van der Waals surface area contributed by atoms with Crippen LogP contribution in [-0.2, 0) is 0 Å². The molecular weight excluding hydrogens is 510 g/mol. The van der Waals surface area contributed by atoms with Gasteiger partial charge in [0, 0.05) is 40.5 Å². The van der Waals surface area contributed by atoms with Gasteiger partial charge >= 0.3 is 6.03 Å². The molecular formula is C30H31N5O3S. The molecule has 9 heteroatoms. The summed E-state index contributed by atoms with van der Waals surface area (Å²) in [7, 11) is 0. The van der Waals surface area contributed by atoms with Crippen LogP contribution in [-0.4, -0.2) is 42.2 Å². The maximum Gasteiger partial charge on any atom is 0.323 e. The minimum absolute atomic E-state index is 0.363. The first kappa shape index (κ1) is 27.8. The number of rotatable bonds is 11. The minimum atomic E-state index is -0.363. The number of hydrogen-bond donors (Lipinski definition) is 3. The highest BCUT2D eigenvalue weighted by molar-refractivity contribution is 7.80. The molecule has 0 fully saturated rings. The van der Waals surface area contributed by atoms with Crippen LogP contribution >= 0.6 is 12.6 Å². The SMILES string of the molecule is CCN(CC)CCCOc1cc2nccc(Oc3ccc(NC(=O)Nc4cccc(S)c4)cc3)c2cc1C#N. The zero-order chi connectivity index (χ0) is 27.6. The van der Waals surface area contributed by atoms with Gasteiger partial charge in [0.1, 0.15) is 23.3 Å². The molecule has 0 unspecified atom stereocenters. The second kappa shape index (κ2) is 13.5. The van der Waals surface area contributed by atoms with Crippen LogP contribution in [0.4, 0.5) is 16.2 Å². The number of fused-ring (bicyclic) bond motifs is 1.